The summed E-state index contributed by atoms with van der Waals surface area (Å²) in [5.41, 5.74) is 0.956. The fourth-order valence-corrected chi connectivity index (χ4v) is 2.26. The fourth-order valence-electron chi connectivity index (χ4n) is 2.26. The van der Waals surface area contributed by atoms with Gasteiger partial charge in [-0.1, -0.05) is 32.9 Å². The average molecular weight is 280 g/mol. The lowest BCUT2D eigenvalue weighted by Gasteiger charge is -2.27. The smallest absolute Gasteiger partial charge is 0.306 e. The number of cyclic esters (lactones) is 1. The van der Waals surface area contributed by atoms with Crippen LogP contribution >= 0.6 is 0 Å². The van der Waals surface area contributed by atoms with E-state index in [0.29, 0.717) is 12.3 Å². The zero-order valence-electron chi connectivity index (χ0n) is 13.1. The Labute approximate surface area is 122 Å². The molecule has 1 heterocycles. The quantitative estimate of drug-likeness (QED) is 0.618. The second-order valence-electron chi connectivity index (χ2n) is 6.16. The van der Waals surface area contributed by atoms with Crippen molar-refractivity contribution in [2.45, 2.75) is 65.6 Å². The summed E-state index contributed by atoms with van der Waals surface area (Å²) < 4.78 is 5.44. The number of ether oxygens (including phenoxy) is 1. The van der Waals surface area contributed by atoms with Crippen LogP contribution in [0, 0.1) is 11.8 Å². The van der Waals surface area contributed by atoms with Crippen molar-refractivity contribution in [3.8, 4) is 0 Å². The summed E-state index contributed by atoms with van der Waals surface area (Å²) in [6.45, 7) is 8.18. The Bertz CT molecular complexity index is 368. The van der Waals surface area contributed by atoms with Crippen LogP contribution in [-0.4, -0.2) is 23.3 Å². The zero-order valence-corrected chi connectivity index (χ0v) is 13.1. The number of allylic oxidation sites excluding steroid dienone is 2. The summed E-state index contributed by atoms with van der Waals surface area (Å²) in [5, 5.41) is 10.4. The van der Waals surface area contributed by atoms with Crippen LogP contribution in [0.2, 0.25) is 0 Å². The fraction of sp³-hybridized carbons (Fsp3) is 0.706. The Hall–Kier alpha value is -1.09. The highest BCUT2D eigenvalue weighted by Crippen LogP contribution is 2.22. The number of hydrogen-bond donors (Lipinski definition) is 1. The Morgan fingerprint density at radius 3 is 2.85 bits per heavy atom. The van der Waals surface area contributed by atoms with Gasteiger partial charge in [-0.15, -0.1) is 0 Å². The maximum atomic E-state index is 11.6. The SMILES string of the molecule is C/C(=C\CC(C)C)[C@H](O)[C@@H](C)[C@@H]1/C=C\CCCC(=O)O1. The largest absolute Gasteiger partial charge is 0.458 e. The van der Waals surface area contributed by atoms with E-state index in [0.717, 1.165) is 24.8 Å². The molecule has 0 saturated carbocycles. The molecule has 0 unspecified atom stereocenters. The van der Waals surface area contributed by atoms with E-state index in [1.54, 1.807) is 0 Å². The highest BCUT2D eigenvalue weighted by Gasteiger charge is 2.27. The molecule has 3 atom stereocenters. The van der Waals surface area contributed by atoms with E-state index in [1.165, 1.54) is 0 Å². The topological polar surface area (TPSA) is 46.5 Å². The van der Waals surface area contributed by atoms with Crippen LogP contribution < -0.4 is 0 Å². The number of aliphatic hydroxyl groups excluding tert-OH is 1. The molecule has 0 spiro atoms. The van der Waals surface area contributed by atoms with Crippen molar-refractivity contribution in [2.24, 2.45) is 11.8 Å². The van der Waals surface area contributed by atoms with Crippen molar-refractivity contribution in [3.05, 3.63) is 23.8 Å². The first-order chi connectivity index (χ1) is 9.41. The second kappa shape index (κ2) is 8.25. The molecule has 0 bridgehead atoms. The molecule has 20 heavy (non-hydrogen) atoms. The number of rotatable bonds is 5. The van der Waals surface area contributed by atoms with E-state index in [4.69, 9.17) is 4.74 Å². The minimum atomic E-state index is -0.573. The van der Waals surface area contributed by atoms with Gasteiger partial charge < -0.3 is 9.84 Å². The second-order valence-corrected chi connectivity index (χ2v) is 6.16. The molecule has 3 heteroatoms. The summed E-state index contributed by atoms with van der Waals surface area (Å²) in [5.74, 6) is 0.283. The van der Waals surface area contributed by atoms with Gasteiger partial charge >= 0.3 is 5.97 Å². The normalized spacial score (nSPS) is 25.6. The van der Waals surface area contributed by atoms with Gasteiger partial charge in [-0.2, -0.15) is 0 Å². The van der Waals surface area contributed by atoms with Gasteiger partial charge in [-0.05, 0) is 43.8 Å². The van der Waals surface area contributed by atoms with Crippen LogP contribution in [0.1, 0.15) is 53.4 Å². The van der Waals surface area contributed by atoms with Gasteiger partial charge in [0.05, 0.1) is 6.10 Å². The van der Waals surface area contributed by atoms with Gasteiger partial charge in [0.15, 0.2) is 0 Å². The van der Waals surface area contributed by atoms with Gasteiger partial charge in [-0.3, -0.25) is 4.79 Å². The lowest BCUT2D eigenvalue weighted by Crippen LogP contribution is -2.33. The van der Waals surface area contributed by atoms with Gasteiger partial charge in [0.2, 0.25) is 0 Å². The standard InChI is InChI=1S/C17H28O3/c1-12(2)10-11-13(3)17(19)14(4)15-8-6-5-7-9-16(18)20-15/h6,8,11-12,14-15,17,19H,5,7,9-10H2,1-4H3/b8-6-,13-11+/t14-,15-,17-/m0/s1. The van der Waals surface area contributed by atoms with Crippen molar-refractivity contribution in [1.29, 1.82) is 0 Å². The Morgan fingerprint density at radius 1 is 1.50 bits per heavy atom. The predicted octanol–water partition coefficient (Wildman–Crippen LogP) is 3.63. The number of esters is 1. The number of aliphatic hydroxyl groups is 1. The minimum absolute atomic E-state index is 0.128. The highest BCUT2D eigenvalue weighted by molar-refractivity contribution is 5.69. The van der Waals surface area contributed by atoms with Crippen LogP contribution in [-0.2, 0) is 9.53 Å². The van der Waals surface area contributed by atoms with Crippen LogP contribution in [0.25, 0.3) is 0 Å². The number of hydrogen-bond acceptors (Lipinski definition) is 3. The third kappa shape index (κ3) is 5.49. The van der Waals surface area contributed by atoms with E-state index in [1.807, 2.05) is 26.0 Å². The van der Waals surface area contributed by atoms with Crippen molar-refractivity contribution in [1.82, 2.24) is 0 Å². The summed E-state index contributed by atoms with van der Waals surface area (Å²) in [6.07, 6.45) is 8.30. The molecule has 1 aliphatic heterocycles. The third-order valence-electron chi connectivity index (χ3n) is 3.74. The average Bonchev–Trinajstić information content (AvgIpc) is 2.38. The molecule has 0 amide bonds. The van der Waals surface area contributed by atoms with Crippen molar-refractivity contribution >= 4 is 5.97 Å². The first-order valence-electron chi connectivity index (χ1n) is 7.62. The minimum Gasteiger partial charge on any atom is -0.458 e. The Morgan fingerprint density at radius 2 is 2.20 bits per heavy atom. The molecule has 0 saturated heterocycles. The Balaban J connectivity index is 2.70. The monoisotopic (exact) mass is 280 g/mol. The molecule has 114 valence electrons. The van der Waals surface area contributed by atoms with Crippen molar-refractivity contribution in [2.75, 3.05) is 0 Å². The maximum Gasteiger partial charge on any atom is 0.306 e. The summed E-state index contributed by atoms with van der Waals surface area (Å²) in [4.78, 5) is 11.6. The van der Waals surface area contributed by atoms with E-state index in [2.05, 4.69) is 19.9 Å². The lowest BCUT2D eigenvalue weighted by atomic mass is 9.91. The van der Waals surface area contributed by atoms with Gasteiger partial charge in [-0.25, -0.2) is 0 Å². The molecule has 0 aromatic carbocycles. The van der Waals surface area contributed by atoms with E-state index in [9.17, 15) is 9.90 Å². The van der Waals surface area contributed by atoms with Crippen molar-refractivity contribution in [3.63, 3.8) is 0 Å². The molecule has 1 rings (SSSR count). The molecular weight excluding hydrogens is 252 g/mol. The molecule has 0 aliphatic carbocycles. The van der Waals surface area contributed by atoms with Crippen molar-refractivity contribution < 1.29 is 14.6 Å². The molecular formula is C17H28O3. The summed E-state index contributed by atoms with van der Waals surface area (Å²) in [7, 11) is 0. The third-order valence-corrected chi connectivity index (χ3v) is 3.74. The zero-order chi connectivity index (χ0) is 15.1. The predicted molar refractivity (Wildman–Crippen MR) is 81.3 cm³/mol. The highest BCUT2D eigenvalue weighted by atomic mass is 16.5. The Kier molecular flexibility index (Phi) is 7.00. The molecule has 0 aromatic heterocycles. The maximum absolute atomic E-state index is 11.6. The van der Waals surface area contributed by atoms with Gasteiger partial charge in [0.1, 0.15) is 6.10 Å². The molecule has 1 N–H and O–H groups in total. The molecule has 3 nitrogen and oxygen atoms in total. The first-order valence-corrected chi connectivity index (χ1v) is 7.62. The van der Waals surface area contributed by atoms with Crippen LogP contribution in [0.3, 0.4) is 0 Å². The number of carbonyl (C=O) groups is 1. The van der Waals surface area contributed by atoms with Gasteiger partial charge in [0.25, 0.3) is 0 Å². The van der Waals surface area contributed by atoms with E-state index >= 15 is 0 Å². The lowest BCUT2D eigenvalue weighted by molar-refractivity contribution is -0.150. The van der Waals surface area contributed by atoms with Crippen LogP contribution in [0.5, 0.6) is 0 Å². The molecule has 0 aromatic rings. The molecule has 1 aliphatic rings. The number of carbonyl (C=O) groups excluding carboxylic acids is 1. The summed E-state index contributed by atoms with van der Waals surface area (Å²) in [6, 6.07) is 0. The molecule has 0 fully saturated rings. The van der Waals surface area contributed by atoms with Crippen LogP contribution in [0.4, 0.5) is 0 Å². The molecule has 0 radical (unpaired) electrons. The first kappa shape index (κ1) is 17.0. The summed E-state index contributed by atoms with van der Waals surface area (Å²) >= 11 is 0. The van der Waals surface area contributed by atoms with Crippen LogP contribution in [0.15, 0.2) is 23.8 Å². The van der Waals surface area contributed by atoms with Gasteiger partial charge in [0, 0.05) is 12.3 Å². The van der Waals surface area contributed by atoms with E-state index in [-0.39, 0.29) is 18.0 Å². The van der Waals surface area contributed by atoms with E-state index < -0.39 is 6.10 Å².